The molecular formula is C18H20N2O4S2. The van der Waals surface area contributed by atoms with Crippen molar-refractivity contribution in [3.8, 4) is 0 Å². The molecule has 1 aliphatic carbocycles. The fraction of sp³-hybridized carbons (Fsp3) is 0.389. The van der Waals surface area contributed by atoms with Crippen LogP contribution in [-0.2, 0) is 22.4 Å². The molecule has 0 unspecified atom stereocenters. The van der Waals surface area contributed by atoms with Crippen LogP contribution in [-0.4, -0.2) is 23.9 Å². The van der Waals surface area contributed by atoms with Crippen molar-refractivity contribution in [3.63, 3.8) is 0 Å². The standard InChI is InChI=1S/C18H20N2O4S2/c1-9-3-4-13-11(7-9)8-14(26-13)18(23)24-10(2)16(22)20-17-12(15(19)21)5-6-25-17/h5-6,8-10H,3-4,7H2,1-2H3,(H2,19,21)(H,20,22)/t9-,10+/m0/s1. The third-order valence-electron chi connectivity index (χ3n) is 4.35. The van der Waals surface area contributed by atoms with E-state index < -0.39 is 23.9 Å². The molecule has 8 heteroatoms. The number of anilines is 1. The molecule has 0 fully saturated rings. The van der Waals surface area contributed by atoms with Crippen molar-refractivity contribution in [2.75, 3.05) is 5.32 Å². The number of ether oxygens (including phenoxy) is 1. The molecule has 138 valence electrons. The van der Waals surface area contributed by atoms with Crippen LogP contribution >= 0.6 is 22.7 Å². The molecule has 2 atom stereocenters. The van der Waals surface area contributed by atoms with Crippen molar-refractivity contribution < 1.29 is 19.1 Å². The van der Waals surface area contributed by atoms with Crippen molar-refractivity contribution in [1.82, 2.24) is 0 Å². The molecule has 1 aliphatic rings. The number of carbonyl (C=O) groups excluding carboxylic acids is 3. The van der Waals surface area contributed by atoms with E-state index >= 15 is 0 Å². The van der Waals surface area contributed by atoms with Crippen molar-refractivity contribution in [1.29, 1.82) is 0 Å². The van der Waals surface area contributed by atoms with Crippen LogP contribution in [0.25, 0.3) is 0 Å². The minimum atomic E-state index is -0.983. The number of hydrogen-bond donors (Lipinski definition) is 2. The Morgan fingerprint density at radius 1 is 1.38 bits per heavy atom. The van der Waals surface area contributed by atoms with Gasteiger partial charge in [-0.1, -0.05) is 6.92 Å². The van der Waals surface area contributed by atoms with E-state index in [4.69, 9.17) is 10.5 Å². The summed E-state index contributed by atoms with van der Waals surface area (Å²) >= 11 is 2.63. The fourth-order valence-corrected chi connectivity index (χ4v) is 4.78. The largest absolute Gasteiger partial charge is 0.448 e. The van der Waals surface area contributed by atoms with E-state index in [1.807, 2.05) is 6.07 Å². The van der Waals surface area contributed by atoms with Crippen molar-refractivity contribution in [2.45, 2.75) is 39.2 Å². The van der Waals surface area contributed by atoms with E-state index in [0.717, 1.165) is 19.3 Å². The molecule has 26 heavy (non-hydrogen) atoms. The lowest BCUT2D eigenvalue weighted by atomic mass is 9.90. The quantitative estimate of drug-likeness (QED) is 0.763. The van der Waals surface area contributed by atoms with Crippen LogP contribution in [0.3, 0.4) is 0 Å². The third-order valence-corrected chi connectivity index (χ3v) is 6.40. The maximum Gasteiger partial charge on any atom is 0.349 e. The number of carbonyl (C=O) groups is 3. The van der Waals surface area contributed by atoms with Crippen LogP contribution in [0.4, 0.5) is 5.00 Å². The number of thiophene rings is 2. The Balaban J connectivity index is 1.63. The van der Waals surface area contributed by atoms with E-state index in [2.05, 4.69) is 12.2 Å². The Morgan fingerprint density at radius 2 is 2.15 bits per heavy atom. The van der Waals surface area contributed by atoms with E-state index in [0.29, 0.717) is 15.8 Å². The van der Waals surface area contributed by atoms with Gasteiger partial charge in [-0.2, -0.15) is 0 Å². The summed E-state index contributed by atoms with van der Waals surface area (Å²) in [5.74, 6) is -1.00. The zero-order chi connectivity index (χ0) is 18.8. The van der Waals surface area contributed by atoms with Crippen molar-refractivity contribution >= 4 is 45.5 Å². The highest BCUT2D eigenvalue weighted by Crippen LogP contribution is 2.32. The third kappa shape index (κ3) is 3.96. The molecule has 0 radical (unpaired) electrons. The number of aryl methyl sites for hydroxylation is 1. The molecular weight excluding hydrogens is 372 g/mol. The van der Waals surface area contributed by atoms with Crippen LogP contribution in [0.2, 0.25) is 0 Å². The number of amides is 2. The number of esters is 1. The highest BCUT2D eigenvalue weighted by molar-refractivity contribution is 7.15. The summed E-state index contributed by atoms with van der Waals surface area (Å²) in [4.78, 5) is 37.7. The molecule has 0 bridgehead atoms. The summed E-state index contributed by atoms with van der Waals surface area (Å²) in [6.07, 6.45) is 2.11. The molecule has 2 heterocycles. The SMILES string of the molecule is C[C@H]1CCc2sc(C(=O)O[C@H](C)C(=O)Nc3sccc3C(N)=O)cc2C1. The minimum Gasteiger partial charge on any atom is -0.448 e. The zero-order valence-electron chi connectivity index (χ0n) is 14.5. The minimum absolute atomic E-state index is 0.238. The second kappa shape index (κ2) is 7.59. The van der Waals surface area contributed by atoms with Gasteiger partial charge in [0, 0.05) is 4.88 Å². The monoisotopic (exact) mass is 392 g/mol. The van der Waals surface area contributed by atoms with Gasteiger partial charge in [-0.15, -0.1) is 22.7 Å². The maximum atomic E-state index is 12.4. The first-order valence-corrected chi connectivity index (χ1v) is 10.1. The van der Waals surface area contributed by atoms with Crippen molar-refractivity contribution in [3.05, 3.63) is 38.4 Å². The Bertz CT molecular complexity index is 855. The van der Waals surface area contributed by atoms with E-state index in [9.17, 15) is 14.4 Å². The van der Waals surface area contributed by atoms with Gasteiger partial charge in [0.05, 0.1) is 5.56 Å². The lowest BCUT2D eigenvalue weighted by Crippen LogP contribution is -2.30. The average molecular weight is 393 g/mol. The normalized spacial score (nSPS) is 17.2. The fourth-order valence-electron chi connectivity index (χ4n) is 2.89. The Kier molecular flexibility index (Phi) is 5.43. The first-order valence-electron chi connectivity index (χ1n) is 8.36. The first-order chi connectivity index (χ1) is 12.3. The Morgan fingerprint density at radius 3 is 2.88 bits per heavy atom. The van der Waals surface area contributed by atoms with Crippen LogP contribution in [0.1, 0.15) is 50.7 Å². The number of hydrogen-bond acceptors (Lipinski definition) is 6. The summed E-state index contributed by atoms with van der Waals surface area (Å²) in [7, 11) is 0. The molecule has 2 aromatic rings. The number of nitrogens with two attached hydrogens (primary N) is 1. The Labute approximate surface area is 159 Å². The molecule has 2 amide bonds. The van der Waals surface area contributed by atoms with Gasteiger partial charge in [-0.3, -0.25) is 9.59 Å². The molecule has 0 aromatic carbocycles. The first kappa shape index (κ1) is 18.6. The number of rotatable bonds is 5. The van der Waals surface area contributed by atoms with Gasteiger partial charge in [0.1, 0.15) is 9.88 Å². The van der Waals surface area contributed by atoms with Crippen LogP contribution in [0, 0.1) is 5.92 Å². The molecule has 6 nitrogen and oxygen atoms in total. The maximum absolute atomic E-state index is 12.4. The van der Waals surface area contributed by atoms with Gasteiger partial charge in [-0.25, -0.2) is 4.79 Å². The smallest absolute Gasteiger partial charge is 0.349 e. The lowest BCUT2D eigenvalue weighted by Gasteiger charge is -2.16. The van der Waals surface area contributed by atoms with E-state index in [1.54, 1.807) is 5.38 Å². The molecule has 0 aliphatic heterocycles. The molecule has 0 saturated carbocycles. The van der Waals surface area contributed by atoms with Gasteiger partial charge >= 0.3 is 5.97 Å². The molecule has 3 rings (SSSR count). The van der Waals surface area contributed by atoms with Gasteiger partial charge in [0.15, 0.2) is 6.10 Å². The Hall–Kier alpha value is -2.19. The molecule has 3 N–H and O–H groups in total. The van der Waals surface area contributed by atoms with Crippen LogP contribution < -0.4 is 11.1 Å². The zero-order valence-corrected chi connectivity index (χ0v) is 16.2. The topological polar surface area (TPSA) is 98.5 Å². The predicted molar refractivity (Wildman–Crippen MR) is 102 cm³/mol. The van der Waals surface area contributed by atoms with Crippen LogP contribution in [0.15, 0.2) is 17.5 Å². The average Bonchev–Trinajstić information content (AvgIpc) is 3.20. The number of primary amides is 1. The summed E-state index contributed by atoms with van der Waals surface area (Å²) in [5, 5.41) is 4.60. The van der Waals surface area contributed by atoms with Gasteiger partial charge < -0.3 is 15.8 Å². The summed E-state index contributed by atoms with van der Waals surface area (Å²) in [6.45, 7) is 3.70. The predicted octanol–water partition coefficient (Wildman–Crippen LogP) is 3.22. The van der Waals surface area contributed by atoms with Gasteiger partial charge in [-0.05, 0) is 55.2 Å². The molecule has 2 aromatic heterocycles. The van der Waals surface area contributed by atoms with Crippen LogP contribution in [0.5, 0.6) is 0 Å². The summed E-state index contributed by atoms with van der Waals surface area (Å²) in [5.41, 5.74) is 6.71. The van der Waals surface area contributed by atoms with E-state index in [1.165, 1.54) is 46.1 Å². The second-order valence-corrected chi connectivity index (χ2v) is 8.52. The summed E-state index contributed by atoms with van der Waals surface area (Å²) < 4.78 is 5.30. The highest BCUT2D eigenvalue weighted by Gasteiger charge is 2.25. The van der Waals surface area contributed by atoms with Crippen molar-refractivity contribution in [2.24, 2.45) is 11.7 Å². The second-order valence-electron chi connectivity index (χ2n) is 6.47. The van der Waals surface area contributed by atoms with Gasteiger partial charge in [0.2, 0.25) is 0 Å². The van der Waals surface area contributed by atoms with E-state index in [-0.39, 0.29) is 5.56 Å². The highest BCUT2D eigenvalue weighted by atomic mass is 32.1. The summed E-state index contributed by atoms with van der Waals surface area (Å²) in [6, 6.07) is 3.42. The molecule has 0 spiro atoms. The number of nitrogens with one attached hydrogen (secondary N) is 1. The number of fused-ring (bicyclic) bond motifs is 1. The molecule has 0 saturated heterocycles. The van der Waals surface area contributed by atoms with Gasteiger partial charge in [0.25, 0.3) is 11.8 Å². The lowest BCUT2D eigenvalue weighted by molar-refractivity contribution is -0.123.